The van der Waals surface area contributed by atoms with Crippen molar-refractivity contribution in [3.8, 4) is 5.75 Å². The molecule has 0 fully saturated rings. The summed E-state index contributed by atoms with van der Waals surface area (Å²) in [6.07, 6.45) is 2.05. The van der Waals surface area contributed by atoms with Gasteiger partial charge in [-0.05, 0) is 36.2 Å². The number of carbonyl (C=O) groups is 1. The van der Waals surface area contributed by atoms with Gasteiger partial charge in [0.25, 0.3) is 0 Å². The van der Waals surface area contributed by atoms with Crippen LogP contribution in [0.3, 0.4) is 0 Å². The standard InChI is InChI=1S/C17H17ClO2/c1-2-5-13-6-3-7-14(10-13)17(19)12-20-16-9-4-8-15(18)11-16/h3-4,6-11H,2,5,12H2,1H3. The third-order valence-corrected chi connectivity index (χ3v) is 3.19. The first-order chi connectivity index (χ1) is 9.69. The summed E-state index contributed by atoms with van der Waals surface area (Å²) in [5.74, 6) is 0.582. The lowest BCUT2D eigenvalue weighted by molar-refractivity contribution is 0.0921. The molecule has 3 heteroatoms. The fraction of sp³-hybridized carbons (Fsp3) is 0.235. The molecular formula is C17H17ClO2. The fourth-order valence-electron chi connectivity index (χ4n) is 1.98. The Balaban J connectivity index is 1.99. The molecule has 0 atom stereocenters. The van der Waals surface area contributed by atoms with Gasteiger partial charge >= 0.3 is 0 Å². The number of halogens is 1. The van der Waals surface area contributed by atoms with Gasteiger partial charge in [0.15, 0.2) is 12.4 Å². The Kier molecular flexibility index (Phi) is 5.19. The Labute approximate surface area is 124 Å². The van der Waals surface area contributed by atoms with Crippen molar-refractivity contribution in [2.75, 3.05) is 6.61 Å². The Morgan fingerprint density at radius 3 is 2.70 bits per heavy atom. The quantitative estimate of drug-likeness (QED) is 0.729. The number of benzene rings is 2. The van der Waals surface area contributed by atoms with Gasteiger partial charge in [-0.1, -0.05) is 49.2 Å². The van der Waals surface area contributed by atoms with E-state index in [1.54, 1.807) is 24.3 Å². The summed E-state index contributed by atoms with van der Waals surface area (Å²) < 4.78 is 5.47. The van der Waals surface area contributed by atoms with Crippen LogP contribution in [0, 0.1) is 0 Å². The summed E-state index contributed by atoms with van der Waals surface area (Å²) in [5.41, 5.74) is 1.87. The van der Waals surface area contributed by atoms with Crippen molar-refractivity contribution in [2.24, 2.45) is 0 Å². The highest BCUT2D eigenvalue weighted by Crippen LogP contribution is 2.17. The normalized spacial score (nSPS) is 10.3. The van der Waals surface area contributed by atoms with Gasteiger partial charge in [-0.3, -0.25) is 4.79 Å². The summed E-state index contributed by atoms with van der Waals surface area (Å²) in [7, 11) is 0. The van der Waals surface area contributed by atoms with Crippen LogP contribution in [-0.2, 0) is 6.42 Å². The maximum atomic E-state index is 12.1. The molecule has 0 amide bonds. The van der Waals surface area contributed by atoms with Gasteiger partial charge in [-0.2, -0.15) is 0 Å². The van der Waals surface area contributed by atoms with Crippen LogP contribution in [0.25, 0.3) is 0 Å². The summed E-state index contributed by atoms with van der Waals surface area (Å²) in [6, 6.07) is 14.8. The van der Waals surface area contributed by atoms with Crippen LogP contribution < -0.4 is 4.74 Å². The van der Waals surface area contributed by atoms with Gasteiger partial charge in [0.1, 0.15) is 5.75 Å². The van der Waals surface area contributed by atoms with Crippen LogP contribution in [0.5, 0.6) is 5.75 Å². The van der Waals surface area contributed by atoms with Crippen molar-refractivity contribution < 1.29 is 9.53 Å². The number of ether oxygens (including phenoxy) is 1. The van der Waals surface area contributed by atoms with E-state index >= 15 is 0 Å². The van der Waals surface area contributed by atoms with Crippen molar-refractivity contribution in [3.63, 3.8) is 0 Å². The Morgan fingerprint density at radius 2 is 1.95 bits per heavy atom. The second-order valence-electron chi connectivity index (χ2n) is 4.62. The smallest absolute Gasteiger partial charge is 0.200 e. The van der Waals surface area contributed by atoms with E-state index < -0.39 is 0 Å². The molecule has 0 N–H and O–H groups in total. The molecule has 20 heavy (non-hydrogen) atoms. The molecule has 0 saturated heterocycles. The van der Waals surface area contributed by atoms with Gasteiger partial charge in [-0.15, -0.1) is 0 Å². The molecule has 0 radical (unpaired) electrons. The van der Waals surface area contributed by atoms with Gasteiger partial charge in [-0.25, -0.2) is 0 Å². The molecule has 0 aromatic heterocycles. The van der Waals surface area contributed by atoms with E-state index in [0.29, 0.717) is 16.3 Å². The third-order valence-electron chi connectivity index (χ3n) is 2.95. The van der Waals surface area contributed by atoms with Crippen molar-refractivity contribution in [1.82, 2.24) is 0 Å². The first kappa shape index (κ1) is 14.6. The molecule has 0 aliphatic carbocycles. The van der Waals surface area contributed by atoms with E-state index in [1.165, 1.54) is 5.56 Å². The molecular weight excluding hydrogens is 272 g/mol. The van der Waals surface area contributed by atoms with Gasteiger partial charge in [0, 0.05) is 10.6 Å². The van der Waals surface area contributed by atoms with Gasteiger partial charge < -0.3 is 4.74 Å². The van der Waals surface area contributed by atoms with E-state index in [1.807, 2.05) is 24.3 Å². The number of aryl methyl sites for hydroxylation is 1. The topological polar surface area (TPSA) is 26.3 Å². The van der Waals surface area contributed by atoms with Crippen molar-refractivity contribution in [2.45, 2.75) is 19.8 Å². The molecule has 0 unspecified atom stereocenters. The molecule has 0 heterocycles. The SMILES string of the molecule is CCCc1cccc(C(=O)COc2cccc(Cl)c2)c1. The van der Waals surface area contributed by atoms with Crippen LogP contribution in [0.2, 0.25) is 5.02 Å². The molecule has 2 rings (SSSR count). The van der Waals surface area contributed by atoms with Crippen LogP contribution in [-0.4, -0.2) is 12.4 Å². The molecule has 2 aromatic rings. The zero-order valence-corrected chi connectivity index (χ0v) is 12.2. The minimum atomic E-state index is -0.0251. The van der Waals surface area contributed by atoms with Crippen molar-refractivity contribution in [1.29, 1.82) is 0 Å². The average Bonchev–Trinajstić information content (AvgIpc) is 2.45. The molecule has 2 aromatic carbocycles. The molecule has 0 saturated carbocycles. The Hall–Kier alpha value is -1.80. The van der Waals surface area contributed by atoms with Crippen LogP contribution in [0.4, 0.5) is 0 Å². The van der Waals surface area contributed by atoms with Gasteiger partial charge in [0.05, 0.1) is 0 Å². The number of hydrogen-bond acceptors (Lipinski definition) is 2. The molecule has 2 nitrogen and oxygen atoms in total. The number of carbonyl (C=O) groups excluding carboxylic acids is 1. The summed E-state index contributed by atoms with van der Waals surface area (Å²) in [6.45, 7) is 2.15. The second kappa shape index (κ2) is 7.11. The van der Waals surface area contributed by atoms with E-state index in [4.69, 9.17) is 16.3 Å². The monoisotopic (exact) mass is 288 g/mol. The highest BCUT2D eigenvalue weighted by atomic mass is 35.5. The predicted octanol–water partition coefficient (Wildman–Crippen LogP) is 4.55. The van der Waals surface area contributed by atoms with Gasteiger partial charge in [0.2, 0.25) is 0 Å². The fourth-order valence-corrected chi connectivity index (χ4v) is 2.16. The lowest BCUT2D eigenvalue weighted by Gasteiger charge is -2.07. The summed E-state index contributed by atoms with van der Waals surface area (Å²) in [4.78, 5) is 12.1. The maximum Gasteiger partial charge on any atom is 0.200 e. The van der Waals surface area contributed by atoms with Crippen molar-refractivity contribution >= 4 is 17.4 Å². The molecule has 0 aliphatic heterocycles. The first-order valence-corrected chi connectivity index (χ1v) is 7.07. The van der Waals surface area contributed by atoms with E-state index in [9.17, 15) is 4.79 Å². The first-order valence-electron chi connectivity index (χ1n) is 6.69. The second-order valence-corrected chi connectivity index (χ2v) is 5.06. The van der Waals surface area contributed by atoms with Crippen molar-refractivity contribution in [3.05, 3.63) is 64.7 Å². The predicted molar refractivity (Wildman–Crippen MR) is 81.7 cm³/mol. The Bertz CT molecular complexity index is 593. The summed E-state index contributed by atoms with van der Waals surface area (Å²) >= 11 is 5.87. The highest BCUT2D eigenvalue weighted by molar-refractivity contribution is 6.30. The Morgan fingerprint density at radius 1 is 1.15 bits per heavy atom. The van der Waals surface area contributed by atoms with E-state index in [2.05, 4.69) is 6.92 Å². The average molecular weight is 289 g/mol. The number of hydrogen-bond donors (Lipinski definition) is 0. The van der Waals surface area contributed by atoms with Crippen LogP contribution >= 0.6 is 11.6 Å². The zero-order chi connectivity index (χ0) is 14.4. The number of ketones is 1. The molecule has 0 aliphatic rings. The molecule has 104 valence electrons. The van der Waals surface area contributed by atoms with Crippen LogP contribution in [0.1, 0.15) is 29.3 Å². The van der Waals surface area contributed by atoms with E-state index in [-0.39, 0.29) is 12.4 Å². The largest absolute Gasteiger partial charge is 0.485 e. The van der Waals surface area contributed by atoms with E-state index in [0.717, 1.165) is 12.8 Å². The maximum absolute atomic E-state index is 12.1. The third kappa shape index (κ3) is 4.10. The number of Topliss-reactive ketones (excluding diaryl/α,β-unsaturated/α-hetero) is 1. The lowest BCUT2D eigenvalue weighted by atomic mass is 10.0. The highest BCUT2D eigenvalue weighted by Gasteiger charge is 2.07. The lowest BCUT2D eigenvalue weighted by Crippen LogP contribution is -2.11. The van der Waals surface area contributed by atoms with Crippen LogP contribution in [0.15, 0.2) is 48.5 Å². The summed E-state index contributed by atoms with van der Waals surface area (Å²) in [5, 5.41) is 0.597. The molecule has 0 spiro atoms. The minimum Gasteiger partial charge on any atom is -0.485 e. The molecule has 0 bridgehead atoms. The zero-order valence-electron chi connectivity index (χ0n) is 11.4. The number of rotatable bonds is 6. The minimum absolute atomic E-state index is 0.0237.